The first-order chi connectivity index (χ1) is 8.15. The molecule has 5 nitrogen and oxygen atoms in total. The van der Waals surface area contributed by atoms with E-state index in [0.717, 1.165) is 13.1 Å². The summed E-state index contributed by atoms with van der Waals surface area (Å²) in [5.41, 5.74) is 0. The molecule has 1 rings (SSSR count). The molecule has 0 saturated carbocycles. The number of likely N-dealkylation sites (N-methyl/N-ethyl adjacent to an activating group) is 1. The minimum Gasteiger partial charge on any atom is -0.390 e. The van der Waals surface area contributed by atoms with Crippen LogP contribution in [0.15, 0.2) is 12.1 Å². The highest BCUT2D eigenvalue weighted by Crippen LogP contribution is 2.06. The van der Waals surface area contributed by atoms with Gasteiger partial charge in [0.15, 0.2) is 5.15 Å². The predicted molar refractivity (Wildman–Crippen MR) is 69.3 cm³/mol. The van der Waals surface area contributed by atoms with E-state index in [4.69, 9.17) is 11.6 Å². The Labute approximate surface area is 107 Å². The van der Waals surface area contributed by atoms with Crippen molar-refractivity contribution in [2.45, 2.75) is 20.0 Å². The van der Waals surface area contributed by atoms with Crippen LogP contribution < -0.4 is 5.32 Å². The molecule has 96 valence electrons. The Morgan fingerprint density at radius 2 is 2.06 bits per heavy atom. The number of rotatable bonds is 7. The molecule has 0 aromatic carbocycles. The Bertz CT molecular complexity index is 316. The van der Waals surface area contributed by atoms with Gasteiger partial charge in [0.05, 0.1) is 6.10 Å². The van der Waals surface area contributed by atoms with Crippen molar-refractivity contribution in [3.63, 3.8) is 0 Å². The number of nitrogens with one attached hydrogen (secondary N) is 1. The monoisotopic (exact) mass is 258 g/mol. The van der Waals surface area contributed by atoms with Crippen molar-refractivity contribution in [2.75, 3.05) is 31.5 Å². The van der Waals surface area contributed by atoms with Crippen LogP contribution in [0.1, 0.15) is 13.8 Å². The number of nitrogens with zero attached hydrogens (tertiary/aromatic N) is 3. The molecular weight excluding hydrogens is 240 g/mol. The third kappa shape index (κ3) is 5.30. The second kappa shape index (κ2) is 7.42. The Hall–Kier alpha value is -0.910. The second-order valence-electron chi connectivity index (χ2n) is 3.76. The smallest absolute Gasteiger partial charge is 0.151 e. The van der Waals surface area contributed by atoms with Gasteiger partial charge in [-0.05, 0) is 25.2 Å². The molecule has 0 radical (unpaired) electrons. The fourth-order valence-corrected chi connectivity index (χ4v) is 1.58. The molecule has 1 aromatic rings. The fourth-order valence-electron chi connectivity index (χ4n) is 1.48. The van der Waals surface area contributed by atoms with E-state index in [1.807, 2.05) is 0 Å². The van der Waals surface area contributed by atoms with Crippen molar-refractivity contribution in [1.29, 1.82) is 0 Å². The summed E-state index contributed by atoms with van der Waals surface area (Å²) < 4.78 is 0. The molecule has 0 bridgehead atoms. The molecule has 17 heavy (non-hydrogen) atoms. The van der Waals surface area contributed by atoms with Crippen molar-refractivity contribution in [3.05, 3.63) is 17.3 Å². The number of hydrogen-bond acceptors (Lipinski definition) is 5. The Balaban J connectivity index is 2.32. The molecule has 1 heterocycles. The topological polar surface area (TPSA) is 61.3 Å². The van der Waals surface area contributed by atoms with E-state index in [1.165, 1.54) is 0 Å². The minimum absolute atomic E-state index is 0.360. The summed E-state index contributed by atoms with van der Waals surface area (Å²) in [5, 5.41) is 20.8. The molecule has 0 aliphatic rings. The SMILES string of the molecule is CCN(CC)CC(O)CNc1ccc(Cl)nn1. The number of halogens is 1. The lowest BCUT2D eigenvalue weighted by Crippen LogP contribution is -2.36. The van der Waals surface area contributed by atoms with E-state index in [0.29, 0.717) is 24.1 Å². The van der Waals surface area contributed by atoms with E-state index in [9.17, 15) is 5.11 Å². The summed E-state index contributed by atoms with van der Waals surface area (Å²) in [6.45, 7) is 7.14. The summed E-state index contributed by atoms with van der Waals surface area (Å²) >= 11 is 5.62. The molecular formula is C11H19ClN4O. The number of aliphatic hydroxyl groups excluding tert-OH is 1. The van der Waals surface area contributed by atoms with Gasteiger partial charge in [0.1, 0.15) is 5.82 Å². The van der Waals surface area contributed by atoms with E-state index >= 15 is 0 Å². The molecule has 0 spiro atoms. The van der Waals surface area contributed by atoms with Crippen LogP contribution in [-0.2, 0) is 0 Å². The average molecular weight is 259 g/mol. The Morgan fingerprint density at radius 1 is 1.35 bits per heavy atom. The first-order valence-electron chi connectivity index (χ1n) is 5.79. The zero-order valence-electron chi connectivity index (χ0n) is 10.2. The number of hydrogen-bond donors (Lipinski definition) is 2. The molecule has 6 heteroatoms. The Kier molecular flexibility index (Phi) is 6.18. The Morgan fingerprint density at radius 3 is 2.59 bits per heavy atom. The minimum atomic E-state index is -0.424. The van der Waals surface area contributed by atoms with Crippen molar-refractivity contribution in [1.82, 2.24) is 15.1 Å². The van der Waals surface area contributed by atoms with Crippen molar-refractivity contribution in [2.24, 2.45) is 0 Å². The van der Waals surface area contributed by atoms with Crippen LogP contribution in [0.25, 0.3) is 0 Å². The zero-order valence-corrected chi connectivity index (χ0v) is 11.0. The van der Waals surface area contributed by atoms with Crippen LogP contribution in [0.2, 0.25) is 5.15 Å². The third-order valence-corrected chi connectivity index (χ3v) is 2.72. The van der Waals surface area contributed by atoms with Gasteiger partial charge in [-0.25, -0.2) is 0 Å². The van der Waals surface area contributed by atoms with Gasteiger partial charge in [-0.1, -0.05) is 25.4 Å². The van der Waals surface area contributed by atoms with Crippen LogP contribution in [-0.4, -0.2) is 52.5 Å². The normalized spacial score (nSPS) is 12.8. The van der Waals surface area contributed by atoms with Gasteiger partial charge in [-0.3, -0.25) is 0 Å². The average Bonchev–Trinajstić information content (AvgIpc) is 2.35. The van der Waals surface area contributed by atoms with Crippen molar-refractivity contribution >= 4 is 17.4 Å². The molecule has 1 atom stereocenters. The van der Waals surface area contributed by atoms with E-state index in [1.54, 1.807) is 12.1 Å². The van der Waals surface area contributed by atoms with Crippen LogP contribution in [0.3, 0.4) is 0 Å². The van der Waals surface area contributed by atoms with Gasteiger partial charge in [0, 0.05) is 13.1 Å². The predicted octanol–water partition coefficient (Wildman–Crippen LogP) is 1.24. The maximum atomic E-state index is 9.82. The standard InChI is InChI=1S/C11H19ClN4O/c1-3-16(4-2)8-9(17)7-13-11-6-5-10(12)14-15-11/h5-6,9,17H,3-4,7-8H2,1-2H3,(H,13,15). The lowest BCUT2D eigenvalue weighted by Gasteiger charge is -2.22. The highest BCUT2D eigenvalue weighted by molar-refractivity contribution is 6.29. The molecule has 1 unspecified atom stereocenters. The molecule has 0 aliphatic heterocycles. The van der Waals surface area contributed by atoms with Crippen molar-refractivity contribution < 1.29 is 5.11 Å². The highest BCUT2D eigenvalue weighted by Gasteiger charge is 2.08. The van der Waals surface area contributed by atoms with E-state index < -0.39 is 6.10 Å². The maximum absolute atomic E-state index is 9.82. The van der Waals surface area contributed by atoms with E-state index in [-0.39, 0.29) is 0 Å². The summed E-state index contributed by atoms with van der Waals surface area (Å²) in [4.78, 5) is 2.17. The van der Waals surface area contributed by atoms with Crippen LogP contribution >= 0.6 is 11.6 Å². The maximum Gasteiger partial charge on any atom is 0.151 e. The van der Waals surface area contributed by atoms with Gasteiger partial charge < -0.3 is 15.3 Å². The zero-order chi connectivity index (χ0) is 12.7. The molecule has 0 fully saturated rings. The van der Waals surface area contributed by atoms with E-state index in [2.05, 4.69) is 34.3 Å². The number of anilines is 1. The van der Waals surface area contributed by atoms with Gasteiger partial charge in [0.25, 0.3) is 0 Å². The van der Waals surface area contributed by atoms with Gasteiger partial charge in [-0.2, -0.15) is 0 Å². The fraction of sp³-hybridized carbons (Fsp3) is 0.636. The van der Waals surface area contributed by atoms with Crippen LogP contribution in [0, 0.1) is 0 Å². The first-order valence-corrected chi connectivity index (χ1v) is 6.17. The second-order valence-corrected chi connectivity index (χ2v) is 4.15. The number of aromatic nitrogens is 2. The highest BCUT2D eigenvalue weighted by atomic mass is 35.5. The lowest BCUT2D eigenvalue weighted by molar-refractivity contribution is 0.128. The summed E-state index contributed by atoms with van der Waals surface area (Å²) in [7, 11) is 0. The van der Waals surface area contributed by atoms with Crippen LogP contribution in [0.4, 0.5) is 5.82 Å². The largest absolute Gasteiger partial charge is 0.390 e. The quantitative estimate of drug-likeness (QED) is 0.771. The lowest BCUT2D eigenvalue weighted by atomic mass is 10.3. The van der Waals surface area contributed by atoms with Crippen LogP contribution in [0.5, 0.6) is 0 Å². The molecule has 0 amide bonds. The summed E-state index contributed by atoms with van der Waals surface area (Å²) in [5.74, 6) is 0.619. The molecule has 0 aliphatic carbocycles. The summed E-state index contributed by atoms with van der Waals surface area (Å²) in [6.07, 6.45) is -0.424. The molecule has 2 N–H and O–H groups in total. The summed E-state index contributed by atoms with van der Waals surface area (Å²) in [6, 6.07) is 3.40. The first kappa shape index (κ1) is 14.2. The van der Waals surface area contributed by atoms with Gasteiger partial charge in [0.2, 0.25) is 0 Å². The van der Waals surface area contributed by atoms with Gasteiger partial charge >= 0.3 is 0 Å². The van der Waals surface area contributed by atoms with Gasteiger partial charge in [-0.15, -0.1) is 10.2 Å². The number of aliphatic hydroxyl groups is 1. The third-order valence-electron chi connectivity index (χ3n) is 2.51. The molecule has 1 aromatic heterocycles. The van der Waals surface area contributed by atoms with Crippen molar-refractivity contribution in [3.8, 4) is 0 Å². The molecule has 0 saturated heterocycles.